The van der Waals surface area contributed by atoms with Gasteiger partial charge in [-0.25, -0.2) is 0 Å². The molecule has 2 rings (SSSR count). The molecule has 0 aromatic heterocycles. The number of phenols is 1. The van der Waals surface area contributed by atoms with Crippen molar-refractivity contribution in [1.82, 2.24) is 5.32 Å². The first-order valence-electron chi connectivity index (χ1n) is 5.69. The van der Waals surface area contributed by atoms with Crippen LogP contribution >= 0.6 is 0 Å². The molecule has 0 unspecified atom stereocenters. The smallest absolute Gasteiger partial charge is 0.120 e. The molecule has 1 aliphatic rings. The van der Waals surface area contributed by atoms with Gasteiger partial charge >= 0.3 is 0 Å². The molecule has 0 aliphatic carbocycles. The van der Waals surface area contributed by atoms with E-state index < -0.39 is 0 Å². The number of anilines is 1. The predicted molar refractivity (Wildman–Crippen MR) is 64.0 cm³/mol. The first-order valence-corrected chi connectivity index (χ1v) is 5.69. The van der Waals surface area contributed by atoms with E-state index in [1.807, 2.05) is 12.1 Å². The Bertz CT molecular complexity index is 349. The van der Waals surface area contributed by atoms with Crippen molar-refractivity contribution < 1.29 is 10.2 Å². The Balaban J connectivity index is 2.13. The predicted octanol–water partition coefficient (Wildman–Crippen LogP) is 0.337. The van der Waals surface area contributed by atoms with Gasteiger partial charge in [-0.2, -0.15) is 0 Å². The van der Waals surface area contributed by atoms with Gasteiger partial charge in [0.2, 0.25) is 0 Å². The number of aliphatic hydroxyl groups is 1. The first-order chi connectivity index (χ1) is 7.81. The molecule has 0 amide bonds. The van der Waals surface area contributed by atoms with E-state index in [2.05, 4.69) is 10.2 Å². The highest BCUT2D eigenvalue weighted by Crippen LogP contribution is 2.25. The lowest BCUT2D eigenvalue weighted by Gasteiger charge is -2.29. The molecule has 0 atom stereocenters. The Labute approximate surface area is 95.5 Å². The van der Waals surface area contributed by atoms with Crippen LogP contribution in [0.15, 0.2) is 18.2 Å². The summed E-state index contributed by atoms with van der Waals surface area (Å²) >= 11 is 0. The summed E-state index contributed by atoms with van der Waals surface area (Å²) in [4.78, 5) is 2.25. The summed E-state index contributed by atoms with van der Waals surface area (Å²) < 4.78 is 0. The van der Waals surface area contributed by atoms with Crippen molar-refractivity contribution in [3.05, 3.63) is 23.8 Å². The molecule has 1 saturated heterocycles. The van der Waals surface area contributed by atoms with Gasteiger partial charge in [0, 0.05) is 44.5 Å². The van der Waals surface area contributed by atoms with Gasteiger partial charge in [0.15, 0.2) is 0 Å². The number of benzene rings is 1. The summed E-state index contributed by atoms with van der Waals surface area (Å²) in [5, 5.41) is 21.9. The van der Waals surface area contributed by atoms with E-state index in [0.29, 0.717) is 6.42 Å². The van der Waals surface area contributed by atoms with Crippen LogP contribution in [-0.2, 0) is 6.42 Å². The van der Waals surface area contributed by atoms with Crippen LogP contribution in [0.3, 0.4) is 0 Å². The number of nitrogens with one attached hydrogen (secondary N) is 1. The van der Waals surface area contributed by atoms with E-state index in [9.17, 15) is 5.11 Å². The number of rotatable bonds is 3. The van der Waals surface area contributed by atoms with Gasteiger partial charge in [-0.1, -0.05) is 6.07 Å². The fourth-order valence-corrected chi connectivity index (χ4v) is 2.00. The van der Waals surface area contributed by atoms with Crippen LogP contribution in [0.2, 0.25) is 0 Å². The largest absolute Gasteiger partial charge is 0.508 e. The lowest BCUT2D eigenvalue weighted by atomic mass is 10.1. The second kappa shape index (κ2) is 5.18. The fraction of sp³-hybridized carbons (Fsp3) is 0.500. The van der Waals surface area contributed by atoms with E-state index >= 15 is 0 Å². The third-order valence-electron chi connectivity index (χ3n) is 2.93. The molecule has 0 bridgehead atoms. The molecule has 1 fully saturated rings. The van der Waals surface area contributed by atoms with E-state index in [1.165, 1.54) is 0 Å². The van der Waals surface area contributed by atoms with Crippen molar-refractivity contribution >= 4 is 5.69 Å². The van der Waals surface area contributed by atoms with Crippen molar-refractivity contribution in [1.29, 1.82) is 0 Å². The second-order valence-corrected chi connectivity index (χ2v) is 4.02. The molecule has 0 radical (unpaired) electrons. The lowest BCUT2D eigenvalue weighted by molar-refractivity contribution is 0.297. The molecular weight excluding hydrogens is 204 g/mol. The van der Waals surface area contributed by atoms with Gasteiger partial charge < -0.3 is 20.4 Å². The van der Waals surface area contributed by atoms with E-state index in [4.69, 9.17) is 5.11 Å². The minimum absolute atomic E-state index is 0.0700. The van der Waals surface area contributed by atoms with Gasteiger partial charge in [-0.15, -0.1) is 0 Å². The number of hydrogen-bond acceptors (Lipinski definition) is 4. The van der Waals surface area contributed by atoms with Crippen LogP contribution in [0.5, 0.6) is 5.75 Å². The van der Waals surface area contributed by atoms with Gasteiger partial charge in [-0.3, -0.25) is 0 Å². The van der Waals surface area contributed by atoms with Crippen LogP contribution in [0.4, 0.5) is 5.69 Å². The lowest BCUT2D eigenvalue weighted by Crippen LogP contribution is -2.43. The number of hydrogen-bond donors (Lipinski definition) is 3. The Hall–Kier alpha value is -1.26. The Morgan fingerprint density at radius 2 is 2.00 bits per heavy atom. The number of aliphatic hydroxyl groups excluding tert-OH is 1. The monoisotopic (exact) mass is 222 g/mol. The Kier molecular flexibility index (Phi) is 3.64. The van der Waals surface area contributed by atoms with Crippen molar-refractivity contribution in [2.45, 2.75) is 6.42 Å². The summed E-state index contributed by atoms with van der Waals surface area (Å²) in [6.07, 6.45) is 0.508. The summed E-state index contributed by atoms with van der Waals surface area (Å²) in [7, 11) is 0. The van der Waals surface area contributed by atoms with Crippen LogP contribution in [-0.4, -0.2) is 43.0 Å². The molecule has 0 spiro atoms. The molecule has 1 aromatic carbocycles. The number of phenolic OH excluding ortho intramolecular Hbond substituents is 1. The third kappa shape index (κ3) is 2.46. The maximum absolute atomic E-state index is 9.80. The molecule has 4 nitrogen and oxygen atoms in total. The molecule has 1 aromatic rings. The van der Waals surface area contributed by atoms with E-state index in [-0.39, 0.29) is 12.4 Å². The van der Waals surface area contributed by atoms with Crippen molar-refractivity contribution in [3.8, 4) is 5.75 Å². The summed E-state index contributed by atoms with van der Waals surface area (Å²) in [5.74, 6) is 0.282. The summed E-state index contributed by atoms with van der Waals surface area (Å²) in [6, 6.07) is 5.69. The SMILES string of the molecule is OCCc1ccc(N2CCNCC2)cc1O. The zero-order valence-electron chi connectivity index (χ0n) is 9.32. The van der Waals surface area contributed by atoms with E-state index in [0.717, 1.165) is 37.4 Å². The van der Waals surface area contributed by atoms with Crippen molar-refractivity contribution in [2.75, 3.05) is 37.7 Å². The summed E-state index contributed by atoms with van der Waals surface area (Å²) in [6.45, 7) is 3.98. The fourth-order valence-electron chi connectivity index (χ4n) is 2.00. The van der Waals surface area contributed by atoms with Crippen LogP contribution in [0.1, 0.15) is 5.56 Å². The average molecular weight is 222 g/mol. The second-order valence-electron chi connectivity index (χ2n) is 4.02. The summed E-state index contributed by atoms with van der Waals surface area (Å²) in [5.41, 5.74) is 1.86. The maximum Gasteiger partial charge on any atom is 0.120 e. The Morgan fingerprint density at radius 3 is 2.62 bits per heavy atom. The van der Waals surface area contributed by atoms with Crippen molar-refractivity contribution in [3.63, 3.8) is 0 Å². The Morgan fingerprint density at radius 1 is 1.25 bits per heavy atom. The van der Waals surface area contributed by atoms with Gasteiger partial charge in [0.05, 0.1) is 0 Å². The quantitative estimate of drug-likeness (QED) is 0.690. The number of aromatic hydroxyl groups is 1. The molecule has 3 N–H and O–H groups in total. The third-order valence-corrected chi connectivity index (χ3v) is 2.93. The molecule has 88 valence electrons. The molecule has 1 aliphatic heterocycles. The van der Waals surface area contributed by atoms with Crippen LogP contribution < -0.4 is 10.2 Å². The number of nitrogens with zero attached hydrogens (tertiary/aromatic N) is 1. The van der Waals surface area contributed by atoms with E-state index in [1.54, 1.807) is 6.07 Å². The molecule has 1 heterocycles. The maximum atomic E-state index is 9.80. The molecule has 16 heavy (non-hydrogen) atoms. The highest BCUT2D eigenvalue weighted by atomic mass is 16.3. The van der Waals surface area contributed by atoms with Crippen molar-refractivity contribution in [2.24, 2.45) is 0 Å². The minimum atomic E-state index is 0.0700. The number of piperazine rings is 1. The minimum Gasteiger partial charge on any atom is -0.508 e. The van der Waals surface area contributed by atoms with Crippen LogP contribution in [0.25, 0.3) is 0 Å². The topological polar surface area (TPSA) is 55.7 Å². The first kappa shape index (κ1) is 11.2. The zero-order valence-corrected chi connectivity index (χ0v) is 9.32. The average Bonchev–Trinajstić information content (AvgIpc) is 2.33. The van der Waals surface area contributed by atoms with Gasteiger partial charge in [0.1, 0.15) is 5.75 Å². The van der Waals surface area contributed by atoms with Gasteiger partial charge in [-0.05, 0) is 18.1 Å². The molecule has 0 saturated carbocycles. The highest BCUT2D eigenvalue weighted by Gasteiger charge is 2.11. The van der Waals surface area contributed by atoms with Crippen LogP contribution in [0, 0.1) is 0 Å². The molecular formula is C12H18N2O2. The zero-order chi connectivity index (χ0) is 11.4. The highest BCUT2D eigenvalue weighted by molar-refractivity contribution is 5.53. The van der Waals surface area contributed by atoms with Gasteiger partial charge in [0.25, 0.3) is 0 Å². The molecule has 4 heteroatoms. The normalized spacial score (nSPS) is 16.4. The standard InChI is InChI=1S/C12H18N2O2/c15-8-3-10-1-2-11(9-12(10)16)14-6-4-13-5-7-14/h1-2,9,13,15-16H,3-8H2.